The van der Waals surface area contributed by atoms with Crippen molar-refractivity contribution in [3.63, 3.8) is 0 Å². The number of likely N-dealkylation sites (tertiary alicyclic amines) is 1. The van der Waals surface area contributed by atoms with Crippen molar-refractivity contribution in [2.45, 2.75) is 50.0 Å². The number of benzene rings is 2. The fraction of sp³-hybridized carbons (Fsp3) is 0.500. The van der Waals surface area contributed by atoms with Gasteiger partial charge in [-0.3, -0.25) is 0 Å². The summed E-state index contributed by atoms with van der Waals surface area (Å²) in [5, 5.41) is 29.4. The van der Waals surface area contributed by atoms with Crippen molar-refractivity contribution in [1.82, 2.24) is 9.80 Å². The third-order valence-corrected chi connectivity index (χ3v) is 8.40. The molecule has 1 unspecified atom stereocenters. The van der Waals surface area contributed by atoms with Gasteiger partial charge in [-0.05, 0) is 80.9 Å². The van der Waals surface area contributed by atoms with Crippen LogP contribution in [0.25, 0.3) is 0 Å². The summed E-state index contributed by atoms with van der Waals surface area (Å²) >= 11 is 0. The molecule has 7 nitrogen and oxygen atoms in total. The van der Waals surface area contributed by atoms with Crippen LogP contribution in [0.2, 0.25) is 0 Å². The number of ether oxygens (including phenoxy) is 1. The largest absolute Gasteiger partial charge is 0.494 e. The first-order chi connectivity index (χ1) is 18.0. The average molecular weight is 501 g/mol. The first kappa shape index (κ1) is 26.5. The summed E-state index contributed by atoms with van der Waals surface area (Å²) in [6.45, 7) is 3.39. The smallest absolute Gasteiger partial charge is 0.407 e. The van der Waals surface area contributed by atoms with Gasteiger partial charge in [0.05, 0.1) is 29.7 Å². The predicted octanol–water partition coefficient (Wildman–Crippen LogP) is 5.28. The number of hydrogen-bond donors (Lipinski definition) is 1. The SMILES string of the molecule is CN(C(=O)O)[C@H]1CCC[C@@H]1C(C#N)(c1ccccc1)C1CCN(CCCOc2ccc(C#N)cc2)CC1. The number of piperidine rings is 1. The number of carboxylic acid groups (broad SMARTS) is 1. The molecule has 0 spiro atoms. The zero-order valence-corrected chi connectivity index (χ0v) is 21.6. The maximum Gasteiger partial charge on any atom is 0.407 e. The molecule has 7 heteroatoms. The Morgan fingerprint density at radius 3 is 2.41 bits per heavy atom. The van der Waals surface area contributed by atoms with E-state index in [9.17, 15) is 15.2 Å². The fourth-order valence-corrected chi connectivity index (χ4v) is 6.50. The summed E-state index contributed by atoms with van der Waals surface area (Å²) in [7, 11) is 1.65. The molecule has 1 amide bonds. The van der Waals surface area contributed by atoms with Gasteiger partial charge in [-0.2, -0.15) is 10.5 Å². The molecular formula is C30H36N4O3. The molecular weight excluding hydrogens is 464 g/mol. The minimum absolute atomic E-state index is 0.0154. The highest BCUT2D eigenvalue weighted by atomic mass is 16.5. The van der Waals surface area contributed by atoms with E-state index in [4.69, 9.17) is 10.00 Å². The van der Waals surface area contributed by atoms with E-state index in [0.29, 0.717) is 12.2 Å². The van der Waals surface area contributed by atoms with Gasteiger partial charge in [-0.1, -0.05) is 36.8 Å². The fourth-order valence-electron chi connectivity index (χ4n) is 6.50. The molecule has 2 fully saturated rings. The van der Waals surface area contributed by atoms with Crippen molar-refractivity contribution in [2.24, 2.45) is 11.8 Å². The molecule has 1 aliphatic heterocycles. The van der Waals surface area contributed by atoms with Crippen molar-refractivity contribution in [2.75, 3.05) is 33.3 Å². The zero-order valence-electron chi connectivity index (χ0n) is 21.6. The Kier molecular flexibility index (Phi) is 8.69. The van der Waals surface area contributed by atoms with E-state index in [1.54, 1.807) is 19.2 Å². The number of rotatable bonds is 9. The van der Waals surface area contributed by atoms with Crippen LogP contribution in [0.4, 0.5) is 4.79 Å². The summed E-state index contributed by atoms with van der Waals surface area (Å²) < 4.78 is 5.84. The van der Waals surface area contributed by atoms with E-state index in [2.05, 4.69) is 29.2 Å². The topological polar surface area (TPSA) is 101 Å². The lowest BCUT2D eigenvalue weighted by Gasteiger charge is -2.47. The molecule has 1 saturated heterocycles. The summed E-state index contributed by atoms with van der Waals surface area (Å²) in [5.41, 5.74) is 0.955. The van der Waals surface area contributed by atoms with Gasteiger partial charge in [0.2, 0.25) is 0 Å². The third kappa shape index (κ3) is 5.73. The zero-order chi connectivity index (χ0) is 26.3. The van der Waals surface area contributed by atoms with Crippen molar-refractivity contribution < 1.29 is 14.6 Å². The van der Waals surface area contributed by atoms with Crippen LogP contribution in [-0.2, 0) is 5.41 Å². The van der Waals surface area contributed by atoms with Crippen LogP contribution < -0.4 is 4.74 Å². The van der Waals surface area contributed by atoms with Gasteiger partial charge in [0, 0.05) is 25.6 Å². The second-order valence-electron chi connectivity index (χ2n) is 10.3. The van der Waals surface area contributed by atoms with E-state index in [0.717, 1.165) is 69.5 Å². The quantitative estimate of drug-likeness (QED) is 0.470. The number of hydrogen-bond acceptors (Lipinski definition) is 5. The average Bonchev–Trinajstić information content (AvgIpc) is 3.43. The van der Waals surface area contributed by atoms with Crippen LogP contribution in [0, 0.1) is 34.5 Å². The summed E-state index contributed by atoms with van der Waals surface area (Å²) in [6.07, 6.45) is 4.44. The van der Waals surface area contributed by atoms with Crippen LogP contribution in [0.1, 0.15) is 49.7 Å². The Labute approximate surface area is 219 Å². The van der Waals surface area contributed by atoms with Gasteiger partial charge in [0.25, 0.3) is 0 Å². The van der Waals surface area contributed by atoms with Crippen LogP contribution in [0.3, 0.4) is 0 Å². The van der Waals surface area contributed by atoms with E-state index in [-0.39, 0.29) is 17.9 Å². The minimum Gasteiger partial charge on any atom is -0.494 e. The van der Waals surface area contributed by atoms with E-state index in [1.165, 1.54) is 4.90 Å². The molecule has 2 aromatic carbocycles. The standard InChI is InChI=1S/C30H36N4O3/c1-33(29(35)36)28-10-5-9-27(28)30(22-32,24-7-3-2-4-8-24)25-15-18-34(19-16-25)17-6-20-37-26-13-11-23(21-31)12-14-26/h2-4,7-8,11-14,25,27-28H,5-6,9-10,15-20H2,1H3,(H,35,36)/t27-,28-,30?/m0/s1. The Morgan fingerprint density at radius 2 is 1.78 bits per heavy atom. The molecule has 1 aliphatic carbocycles. The molecule has 0 bridgehead atoms. The number of carbonyl (C=O) groups is 1. The predicted molar refractivity (Wildman–Crippen MR) is 141 cm³/mol. The molecule has 1 N–H and O–H groups in total. The van der Waals surface area contributed by atoms with Crippen molar-refractivity contribution >= 4 is 6.09 Å². The lowest BCUT2D eigenvalue weighted by molar-refractivity contribution is 0.0760. The lowest BCUT2D eigenvalue weighted by Crippen LogP contribution is -2.52. The molecule has 2 aliphatic rings. The Balaban J connectivity index is 1.41. The molecule has 3 atom stereocenters. The molecule has 1 heterocycles. The van der Waals surface area contributed by atoms with Gasteiger partial charge in [-0.25, -0.2) is 4.79 Å². The van der Waals surface area contributed by atoms with Crippen molar-refractivity contribution in [3.8, 4) is 17.9 Å². The number of nitriles is 2. The highest BCUT2D eigenvalue weighted by molar-refractivity contribution is 5.65. The van der Waals surface area contributed by atoms with Crippen LogP contribution >= 0.6 is 0 Å². The second kappa shape index (κ2) is 12.1. The number of nitrogens with zero attached hydrogens (tertiary/aromatic N) is 4. The Morgan fingerprint density at radius 1 is 1.08 bits per heavy atom. The van der Waals surface area contributed by atoms with Crippen LogP contribution in [0.5, 0.6) is 5.75 Å². The molecule has 0 aromatic heterocycles. The lowest BCUT2D eigenvalue weighted by atomic mass is 9.59. The van der Waals surface area contributed by atoms with Crippen LogP contribution in [0.15, 0.2) is 54.6 Å². The van der Waals surface area contributed by atoms with Gasteiger partial charge in [-0.15, -0.1) is 0 Å². The minimum atomic E-state index is -0.921. The van der Waals surface area contributed by atoms with E-state index >= 15 is 0 Å². The monoisotopic (exact) mass is 500 g/mol. The molecule has 0 radical (unpaired) electrons. The highest BCUT2D eigenvalue weighted by Gasteiger charge is 2.53. The second-order valence-corrected chi connectivity index (χ2v) is 10.3. The maximum atomic E-state index is 11.9. The first-order valence-electron chi connectivity index (χ1n) is 13.3. The van der Waals surface area contributed by atoms with Gasteiger partial charge in [0.1, 0.15) is 5.75 Å². The van der Waals surface area contributed by atoms with Crippen molar-refractivity contribution in [1.29, 1.82) is 10.5 Å². The Bertz CT molecular complexity index is 1120. The summed E-state index contributed by atoms with van der Waals surface area (Å²) in [6, 6.07) is 22.0. The highest BCUT2D eigenvalue weighted by Crippen LogP contribution is 2.51. The van der Waals surface area contributed by atoms with Crippen molar-refractivity contribution in [3.05, 3.63) is 65.7 Å². The van der Waals surface area contributed by atoms with E-state index in [1.807, 2.05) is 30.3 Å². The summed E-state index contributed by atoms with van der Waals surface area (Å²) in [4.78, 5) is 15.7. The van der Waals surface area contributed by atoms with Gasteiger partial charge < -0.3 is 19.6 Å². The van der Waals surface area contributed by atoms with Gasteiger partial charge >= 0.3 is 6.09 Å². The molecule has 194 valence electrons. The molecule has 1 saturated carbocycles. The maximum absolute atomic E-state index is 11.9. The first-order valence-corrected chi connectivity index (χ1v) is 13.3. The summed E-state index contributed by atoms with van der Waals surface area (Å²) in [5.74, 6) is 0.939. The van der Waals surface area contributed by atoms with E-state index < -0.39 is 11.5 Å². The Hall–Kier alpha value is -3.55. The number of amides is 1. The molecule has 2 aromatic rings. The normalized spacial score (nSPS) is 21.9. The molecule has 37 heavy (non-hydrogen) atoms. The van der Waals surface area contributed by atoms with Crippen LogP contribution in [-0.4, -0.2) is 60.3 Å². The third-order valence-electron chi connectivity index (χ3n) is 8.40. The molecule has 4 rings (SSSR count). The van der Waals surface area contributed by atoms with Gasteiger partial charge in [0.15, 0.2) is 0 Å².